The third-order valence-electron chi connectivity index (χ3n) is 14.4. The summed E-state index contributed by atoms with van der Waals surface area (Å²) in [6, 6.07) is 18.9. The quantitative estimate of drug-likeness (QED) is 0.0610. The molecular formula is C55H79BrN6O5S2. The highest BCUT2D eigenvalue weighted by Gasteiger charge is 2.45. The minimum Gasteiger partial charge on any atom is -1.00 e. The van der Waals surface area contributed by atoms with E-state index in [1.165, 1.54) is 33.9 Å². The predicted molar refractivity (Wildman–Crippen MR) is 282 cm³/mol. The van der Waals surface area contributed by atoms with Crippen molar-refractivity contribution < 1.29 is 45.5 Å². The summed E-state index contributed by atoms with van der Waals surface area (Å²) in [7, 11) is 0. The van der Waals surface area contributed by atoms with E-state index in [-0.39, 0.29) is 51.4 Å². The number of Topliss-reactive ketones (excluding diaryl/α,β-unsaturated/α-hetero) is 3. The molecule has 6 heterocycles. The van der Waals surface area contributed by atoms with Crippen LogP contribution in [0.1, 0.15) is 150 Å². The second-order valence-corrected chi connectivity index (χ2v) is 23.1. The molecular weight excluding hydrogens is 969 g/mol. The number of urea groups is 2. The summed E-state index contributed by atoms with van der Waals surface area (Å²) in [4.78, 5) is 57.7. The summed E-state index contributed by atoms with van der Waals surface area (Å²) in [6.45, 7) is 18.6. The molecule has 4 amide bonds. The van der Waals surface area contributed by atoms with Gasteiger partial charge in [-0.05, 0) is 90.8 Å². The van der Waals surface area contributed by atoms with Gasteiger partial charge in [0, 0.05) is 88.7 Å². The number of para-hydroxylation sites is 2. The standard InChI is InChI=1S/C33H43N2O.2C11H18N2O2S.BrH/c1-7-23-34-28-19-12-10-17-26(28)32(3,4)30(34)21-15-22-31-33(5,6)27-18-11-13-20-29(27)35(31)24-14-8-9-16-25(2)36;2*1-7(14)4-2-3-5-9-10-8(6-16-9)12-11(15)13-10;/h10-13,15,17-22H,7-9,14,16,23-24H2,1-6H3;2*8-10H,2-6H2,1H3,(H2,12,13,15);1H/q+1;;;/p-1/t;2*8-,9-,10-;/m.10./s1. The van der Waals surface area contributed by atoms with Crippen molar-refractivity contribution >= 4 is 70.0 Å². The van der Waals surface area contributed by atoms with E-state index in [1.54, 1.807) is 20.8 Å². The fourth-order valence-electron chi connectivity index (χ4n) is 10.8. The molecule has 0 spiro atoms. The maximum absolute atomic E-state index is 11.3. The predicted octanol–water partition coefficient (Wildman–Crippen LogP) is 7.47. The number of carbonyl (C=O) groups is 5. The molecule has 0 bridgehead atoms. The van der Waals surface area contributed by atoms with E-state index in [1.807, 2.05) is 23.5 Å². The molecule has 8 rings (SSSR count). The average Bonchev–Trinajstić information content (AvgIpc) is 4.12. The molecule has 14 heteroatoms. The van der Waals surface area contributed by atoms with Crippen molar-refractivity contribution in [2.45, 2.75) is 184 Å². The number of amides is 4. The first-order valence-electron chi connectivity index (χ1n) is 25.4. The summed E-state index contributed by atoms with van der Waals surface area (Å²) in [5.74, 6) is 2.86. The van der Waals surface area contributed by atoms with E-state index in [2.05, 4.69) is 132 Å². The van der Waals surface area contributed by atoms with Gasteiger partial charge in [0.25, 0.3) is 0 Å². The molecule has 6 aliphatic rings. The molecule has 0 saturated carbocycles. The molecule has 4 saturated heterocycles. The highest BCUT2D eigenvalue weighted by atomic mass is 79.9. The molecule has 11 nitrogen and oxygen atoms in total. The summed E-state index contributed by atoms with van der Waals surface area (Å²) in [6.07, 6.45) is 19.6. The Morgan fingerprint density at radius 3 is 1.72 bits per heavy atom. The third kappa shape index (κ3) is 14.4. The van der Waals surface area contributed by atoms with E-state index < -0.39 is 0 Å². The Morgan fingerprint density at radius 2 is 1.19 bits per heavy atom. The van der Waals surface area contributed by atoms with Crippen molar-refractivity contribution in [3.05, 3.63) is 83.6 Å². The summed E-state index contributed by atoms with van der Waals surface area (Å²) in [5, 5.41) is 12.9. The number of rotatable bonds is 20. The highest BCUT2D eigenvalue weighted by Crippen LogP contribution is 2.48. The van der Waals surface area contributed by atoms with Crippen LogP contribution in [0.5, 0.6) is 0 Å². The van der Waals surface area contributed by atoms with Gasteiger partial charge in [0.05, 0.1) is 29.6 Å². The zero-order valence-corrected chi connectivity index (χ0v) is 45.7. The Morgan fingerprint density at radius 1 is 0.681 bits per heavy atom. The maximum atomic E-state index is 11.3. The second kappa shape index (κ2) is 26.0. The van der Waals surface area contributed by atoms with Gasteiger partial charge in [0.1, 0.15) is 23.9 Å². The number of nitrogens with zero attached hydrogens (tertiary/aromatic N) is 2. The van der Waals surface area contributed by atoms with Crippen molar-refractivity contribution in [1.29, 1.82) is 0 Å². The van der Waals surface area contributed by atoms with Crippen LogP contribution < -0.4 is 43.1 Å². The summed E-state index contributed by atoms with van der Waals surface area (Å²) >= 11 is 3.87. The first-order valence-corrected chi connectivity index (χ1v) is 27.5. The SMILES string of the molecule is CC(=O)CCCC[C@@H]1SC[C@@H]2NC(=O)N[C@@H]21.CC(=O)CCCC[C@H]1SC[C@H]2NC(=O)N[C@H]21.CCC[N+]1=C(C=CC=C2N(CCCCCC(C)=O)c3ccccc3C2(C)C)C(C)(C)c2ccccc21.[Br-]. The van der Waals surface area contributed by atoms with Crippen molar-refractivity contribution in [2.24, 2.45) is 0 Å². The zero-order chi connectivity index (χ0) is 49.0. The van der Waals surface area contributed by atoms with Crippen LogP contribution in [0.4, 0.5) is 21.0 Å². The Labute approximate surface area is 431 Å². The molecule has 69 heavy (non-hydrogen) atoms. The van der Waals surface area contributed by atoms with Crippen LogP contribution in [0, 0.1) is 0 Å². The first-order chi connectivity index (χ1) is 32.5. The molecule has 0 radical (unpaired) electrons. The van der Waals surface area contributed by atoms with Gasteiger partial charge in [-0.25, -0.2) is 9.59 Å². The molecule has 2 aromatic rings. The van der Waals surface area contributed by atoms with Gasteiger partial charge >= 0.3 is 12.1 Å². The lowest BCUT2D eigenvalue weighted by Gasteiger charge is -2.27. The number of fused-ring (bicyclic) bond motifs is 4. The van der Waals surface area contributed by atoms with Gasteiger partial charge in [0.15, 0.2) is 5.71 Å². The Bertz CT molecular complexity index is 2170. The second-order valence-electron chi connectivity index (χ2n) is 20.5. The number of hydrogen-bond donors (Lipinski definition) is 4. The van der Waals surface area contributed by atoms with Crippen molar-refractivity contribution in [3.63, 3.8) is 0 Å². The molecule has 4 N–H and O–H groups in total. The van der Waals surface area contributed by atoms with Gasteiger partial charge in [0.2, 0.25) is 5.69 Å². The lowest BCUT2D eigenvalue weighted by Crippen LogP contribution is -3.00. The number of nitrogens with one attached hydrogen (secondary N) is 4. The molecule has 6 atom stereocenters. The van der Waals surface area contributed by atoms with Gasteiger partial charge in [-0.2, -0.15) is 28.1 Å². The van der Waals surface area contributed by atoms with Crippen LogP contribution in [0.2, 0.25) is 0 Å². The van der Waals surface area contributed by atoms with Crippen LogP contribution in [-0.2, 0) is 25.2 Å². The van der Waals surface area contributed by atoms with Crippen LogP contribution in [0.25, 0.3) is 0 Å². The molecule has 0 unspecified atom stereocenters. The van der Waals surface area contributed by atoms with Crippen LogP contribution in [-0.4, -0.2) is 99.0 Å². The number of anilines is 1. The minimum atomic E-state index is -0.0533. The van der Waals surface area contributed by atoms with Gasteiger partial charge < -0.3 is 57.5 Å². The monoisotopic (exact) mass is 1050 g/mol. The zero-order valence-electron chi connectivity index (χ0n) is 42.5. The minimum absolute atomic E-state index is 0. The average molecular weight is 1050 g/mol. The smallest absolute Gasteiger partial charge is 0.315 e. The number of benzene rings is 2. The van der Waals surface area contributed by atoms with Crippen LogP contribution in [0.15, 0.2) is 72.5 Å². The number of thioether (sulfide) groups is 2. The molecule has 0 aromatic heterocycles. The first kappa shape index (κ1) is 56.0. The van der Waals surface area contributed by atoms with E-state index in [0.29, 0.717) is 59.7 Å². The van der Waals surface area contributed by atoms with E-state index >= 15 is 0 Å². The fraction of sp³-hybridized carbons (Fsp3) is 0.600. The van der Waals surface area contributed by atoms with Gasteiger partial charge in [-0.1, -0.05) is 82.5 Å². The Hall–Kier alpha value is -3.88. The van der Waals surface area contributed by atoms with Crippen molar-refractivity contribution in [2.75, 3.05) is 29.5 Å². The maximum Gasteiger partial charge on any atom is 0.315 e. The number of unbranched alkanes of at least 4 members (excludes halogenated alkanes) is 4. The summed E-state index contributed by atoms with van der Waals surface area (Å²) in [5.41, 5.74) is 8.11. The van der Waals surface area contributed by atoms with Gasteiger partial charge in [-0.15, -0.1) is 0 Å². The molecule has 2 aromatic carbocycles. The number of carbonyl (C=O) groups excluding carboxylic acids is 5. The van der Waals surface area contributed by atoms with Crippen LogP contribution in [0.3, 0.4) is 0 Å². The van der Waals surface area contributed by atoms with E-state index in [0.717, 1.165) is 88.8 Å². The molecule has 4 fully saturated rings. The fourth-order valence-corrected chi connectivity index (χ4v) is 13.9. The van der Waals surface area contributed by atoms with Crippen molar-refractivity contribution in [3.8, 4) is 0 Å². The third-order valence-corrected chi connectivity index (χ3v) is 17.4. The Kier molecular flexibility index (Phi) is 21.1. The number of hydrogen-bond acceptors (Lipinski definition) is 8. The number of allylic oxidation sites excluding steroid dienone is 4. The molecule has 0 aliphatic carbocycles. The topological polar surface area (TPSA) is 140 Å². The lowest BCUT2D eigenvalue weighted by atomic mass is 9.81. The normalized spacial score (nSPS) is 24.7. The van der Waals surface area contributed by atoms with E-state index in [9.17, 15) is 24.0 Å². The molecule has 378 valence electrons. The number of ketones is 3. The number of halogens is 1. The van der Waals surface area contributed by atoms with E-state index in [4.69, 9.17) is 0 Å². The summed E-state index contributed by atoms with van der Waals surface area (Å²) < 4.78 is 2.51. The van der Waals surface area contributed by atoms with Crippen LogP contribution >= 0.6 is 23.5 Å². The lowest BCUT2D eigenvalue weighted by molar-refractivity contribution is -0.437. The molecule has 6 aliphatic heterocycles. The Balaban J connectivity index is 0.000000222. The highest BCUT2D eigenvalue weighted by molar-refractivity contribution is 8.00. The largest absolute Gasteiger partial charge is 1.00 e. The van der Waals surface area contributed by atoms with Crippen molar-refractivity contribution in [1.82, 2.24) is 21.3 Å². The van der Waals surface area contributed by atoms with Gasteiger partial charge in [-0.3, -0.25) is 0 Å².